The van der Waals surface area contributed by atoms with Crippen LogP contribution in [-0.4, -0.2) is 13.1 Å². The Morgan fingerprint density at radius 3 is 2.80 bits per heavy atom. The average molecular weight is 333 g/mol. The van der Waals surface area contributed by atoms with E-state index >= 15 is 0 Å². The van der Waals surface area contributed by atoms with Gasteiger partial charge in [-0.2, -0.15) is 0 Å². The van der Waals surface area contributed by atoms with E-state index in [9.17, 15) is 0 Å². The molecular formula is C12H15Br2N. The van der Waals surface area contributed by atoms with Crippen molar-refractivity contribution in [1.29, 1.82) is 0 Å². The molecule has 3 heteroatoms. The van der Waals surface area contributed by atoms with Crippen molar-refractivity contribution < 1.29 is 0 Å². The van der Waals surface area contributed by atoms with E-state index in [4.69, 9.17) is 0 Å². The summed E-state index contributed by atoms with van der Waals surface area (Å²) >= 11 is 7.13. The van der Waals surface area contributed by atoms with Crippen LogP contribution in [0.15, 0.2) is 22.7 Å². The number of hydrogen-bond acceptors (Lipinski definition) is 1. The van der Waals surface area contributed by atoms with Crippen LogP contribution >= 0.6 is 31.9 Å². The normalized spacial score (nSPS) is 21.0. The fourth-order valence-electron chi connectivity index (χ4n) is 2.04. The second-order valence-electron chi connectivity index (χ2n) is 4.26. The molecule has 1 saturated heterocycles. The fourth-order valence-corrected chi connectivity index (χ4v) is 3.07. The molecule has 0 spiro atoms. The highest BCUT2D eigenvalue weighted by molar-refractivity contribution is 9.10. The van der Waals surface area contributed by atoms with E-state index in [2.05, 4.69) is 61.9 Å². The number of alkyl halides is 1. The van der Waals surface area contributed by atoms with Gasteiger partial charge in [-0.1, -0.05) is 28.9 Å². The molecule has 2 rings (SSSR count). The van der Waals surface area contributed by atoms with Crippen LogP contribution in [0.3, 0.4) is 0 Å². The van der Waals surface area contributed by atoms with Gasteiger partial charge in [-0.25, -0.2) is 0 Å². The number of rotatable bonds is 2. The summed E-state index contributed by atoms with van der Waals surface area (Å²) in [5, 5.41) is 0.919. The quantitative estimate of drug-likeness (QED) is 0.734. The molecular weight excluding hydrogens is 318 g/mol. The van der Waals surface area contributed by atoms with E-state index in [0.717, 1.165) is 11.2 Å². The van der Waals surface area contributed by atoms with Gasteiger partial charge in [-0.05, 0) is 46.0 Å². The highest BCUT2D eigenvalue weighted by Crippen LogP contribution is 2.31. The van der Waals surface area contributed by atoms with Crippen molar-refractivity contribution in [1.82, 2.24) is 0 Å². The topological polar surface area (TPSA) is 3.24 Å². The van der Waals surface area contributed by atoms with Gasteiger partial charge >= 0.3 is 0 Å². The summed E-state index contributed by atoms with van der Waals surface area (Å²) in [5.41, 5.74) is 2.65. The number of halogens is 2. The minimum atomic E-state index is 0.827. The lowest BCUT2D eigenvalue weighted by atomic mass is 10.2. The van der Waals surface area contributed by atoms with Crippen molar-refractivity contribution in [2.24, 2.45) is 5.92 Å². The minimum absolute atomic E-state index is 0.827. The smallest absolute Gasteiger partial charge is 0.0510 e. The van der Waals surface area contributed by atoms with E-state index in [1.54, 1.807) is 0 Å². The van der Waals surface area contributed by atoms with Crippen LogP contribution in [-0.2, 0) is 5.33 Å². The highest BCUT2D eigenvalue weighted by atomic mass is 79.9. The Labute approximate surface area is 108 Å². The monoisotopic (exact) mass is 331 g/mol. The molecule has 1 aromatic carbocycles. The molecule has 0 bridgehead atoms. The molecule has 1 atom stereocenters. The van der Waals surface area contributed by atoms with Gasteiger partial charge in [-0.3, -0.25) is 0 Å². The van der Waals surface area contributed by atoms with E-state index in [1.165, 1.54) is 35.2 Å². The number of nitrogens with zero attached hydrogens (tertiary/aromatic N) is 1. The number of anilines is 1. The first-order valence-corrected chi connectivity index (χ1v) is 7.21. The predicted molar refractivity (Wildman–Crippen MR) is 72.8 cm³/mol. The maximum Gasteiger partial charge on any atom is 0.0510 e. The number of hydrogen-bond donors (Lipinski definition) is 0. The molecule has 0 aromatic heterocycles. The van der Waals surface area contributed by atoms with E-state index in [0.29, 0.717) is 0 Å². The average Bonchev–Trinajstić information content (AvgIpc) is 2.64. The van der Waals surface area contributed by atoms with Crippen molar-refractivity contribution in [2.75, 3.05) is 18.0 Å². The first-order valence-electron chi connectivity index (χ1n) is 5.30. The Bertz CT molecular complexity index is 351. The highest BCUT2D eigenvalue weighted by Gasteiger charge is 2.20. The Hall–Kier alpha value is -0.0200. The van der Waals surface area contributed by atoms with Gasteiger partial charge < -0.3 is 4.90 Å². The molecule has 1 unspecified atom stereocenters. The Morgan fingerprint density at radius 2 is 2.27 bits per heavy atom. The first kappa shape index (κ1) is 11.5. The van der Waals surface area contributed by atoms with Crippen LogP contribution < -0.4 is 4.90 Å². The van der Waals surface area contributed by atoms with Gasteiger partial charge in [0.1, 0.15) is 0 Å². The summed E-state index contributed by atoms with van der Waals surface area (Å²) in [5.74, 6) is 0.827. The van der Waals surface area contributed by atoms with Gasteiger partial charge in [0.15, 0.2) is 0 Å². The van der Waals surface area contributed by atoms with E-state index < -0.39 is 0 Å². The van der Waals surface area contributed by atoms with Crippen molar-refractivity contribution in [3.05, 3.63) is 28.2 Å². The molecule has 1 aromatic rings. The molecule has 0 aliphatic carbocycles. The molecule has 0 N–H and O–H groups in total. The zero-order chi connectivity index (χ0) is 10.8. The predicted octanol–water partition coefficient (Wildman–Crippen LogP) is 4.19. The molecule has 0 radical (unpaired) electrons. The summed E-state index contributed by atoms with van der Waals surface area (Å²) < 4.78 is 1.22. The molecule has 1 nitrogen and oxygen atoms in total. The lowest BCUT2D eigenvalue weighted by Gasteiger charge is -2.20. The third-order valence-corrected chi connectivity index (χ3v) is 4.21. The van der Waals surface area contributed by atoms with Crippen molar-refractivity contribution in [3.8, 4) is 0 Å². The summed E-state index contributed by atoms with van der Waals surface area (Å²) in [6.45, 7) is 4.69. The fraction of sp³-hybridized carbons (Fsp3) is 0.500. The first-order chi connectivity index (χ1) is 7.20. The van der Waals surface area contributed by atoms with Gasteiger partial charge in [0, 0.05) is 22.9 Å². The second kappa shape index (κ2) is 4.88. The van der Waals surface area contributed by atoms with Crippen LogP contribution in [0.5, 0.6) is 0 Å². The Kier molecular flexibility index (Phi) is 3.73. The summed E-state index contributed by atoms with van der Waals surface area (Å²) in [7, 11) is 0. The van der Waals surface area contributed by atoms with Gasteiger partial charge in [0.25, 0.3) is 0 Å². The van der Waals surface area contributed by atoms with E-state index in [-0.39, 0.29) is 0 Å². The molecule has 1 fully saturated rings. The molecule has 1 aliphatic rings. The van der Waals surface area contributed by atoms with Crippen LogP contribution in [0.25, 0.3) is 0 Å². The standard InChI is InChI=1S/C12H15Br2N/c1-9-4-5-15(8-9)12-3-2-10(7-13)6-11(12)14/h2-3,6,9H,4-5,7-8H2,1H3. The minimum Gasteiger partial charge on any atom is -0.370 e. The lowest BCUT2D eigenvalue weighted by molar-refractivity contribution is 0.659. The Balaban J connectivity index is 2.21. The maximum absolute atomic E-state index is 3.66. The third kappa shape index (κ3) is 2.56. The molecule has 15 heavy (non-hydrogen) atoms. The zero-order valence-electron chi connectivity index (χ0n) is 8.84. The largest absolute Gasteiger partial charge is 0.370 e. The van der Waals surface area contributed by atoms with Gasteiger partial charge in [-0.15, -0.1) is 0 Å². The van der Waals surface area contributed by atoms with Crippen LogP contribution in [0, 0.1) is 5.92 Å². The molecule has 0 saturated carbocycles. The summed E-state index contributed by atoms with van der Waals surface area (Å²) in [4.78, 5) is 2.47. The Morgan fingerprint density at radius 1 is 1.47 bits per heavy atom. The van der Waals surface area contributed by atoms with Crippen LogP contribution in [0.1, 0.15) is 18.9 Å². The summed E-state index contributed by atoms with van der Waals surface area (Å²) in [6, 6.07) is 6.61. The summed E-state index contributed by atoms with van der Waals surface area (Å²) in [6.07, 6.45) is 1.31. The lowest BCUT2D eigenvalue weighted by Crippen LogP contribution is -2.19. The molecule has 0 amide bonds. The van der Waals surface area contributed by atoms with E-state index in [1.807, 2.05) is 0 Å². The van der Waals surface area contributed by atoms with Crippen molar-refractivity contribution in [2.45, 2.75) is 18.7 Å². The van der Waals surface area contributed by atoms with Gasteiger partial charge in [0.2, 0.25) is 0 Å². The molecule has 1 aliphatic heterocycles. The van der Waals surface area contributed by atoms with Crippen molar-refractivity contribution >= 4 is 37.5 Å². The number of benzene rings is 1. The zero-order valence-corrected chi connectivity index (χ0v) is 12.0. The van der Waals surface area contributed by atoms with Crippen LogP contribution in [0.4, 0.5) is 5.69 Å². The molecule has 82 valence electrons. The SMILES string of the molecule is CC1CCN(c2ccc(CBr)cc2Br)C1. The maximum atomic E-state index is 3.66. The second-order valence-corrected chi connectivity index (χ2v) is 5.67. The van der Waals surface area contributed by atoms with Crippen LogP contribution in [0.2, 0.25) is 0 Å². The third-order valence-electron chi connectivity index (χ3n) is 2.93. The molecule has 1 heterocycles. The van der Waals surface area contributed by atoms with Crippen molar-refractivity contribution in [3.63, 3.8) is 0 Å². The van der Waals surface area contributed by atoms with Gasteiger partial charge in [0.05, 0.1) is 5.69 Å².